The molecule has 0 unspecified atom stereocenters. The van der Waals surface area contributed by atoms with Gasteiger partial charge in [-0.2, -0.15) is 4.98 Å². The van der Waals surface area contributed by atoms with Gasteiger partial charge >= 0.3 is 5.97 Å². The van der Waals surface area contributed by atoms with Crippen molar-refractivity contribution in [3.8, 4) is 11.4 Å². The van der Waals surface area contributed by atoms with Gasteiger partial charge in [0, 0.05) is 26.8 Å². The lowest BCUT2D eigenvalue weighted by atomic mass is 10.2. The molecular formula is C22H18ClN3O4S. The molecule has 2 aromatic carbocycles. The Kier molecular flexibility index (Phi) is 6.39. The van der Waals surface area contributed by atoms with Crippen molar-refractivity contribution in [2.24, 2.45) is 0 Å². The van der Waals surface area contributed by atoms with Gasteiger partial charge < -0.3 is 13.8 Å². The summed E-state index contributed by atoms with van der Waals surface area (Å²) in [4.78, 5) is 17.7. The van der Waals surface area contributed by atoms with E-state index >= 15 is 0 Å². The van der Waals surface area contributed by atoms with Gasteiger partial charge in [0.05, 0.1) is 11.3 Å². The number of halogens is 1. The normalized spacial score (nSPS) is 10.9. The van der Waals surface area contributed by atoms with E-state index in [0.717, 1.165) is 27.5 Å². The molecule has 0 N–H and O–H groups in total. The Morgan fingerprint density at radius 2 is 1.84 bits per heavy atom. The van der Waals surface area contributed by atoms with Crippen LogP contribution >= 0.6 is 23.4 Å². The summed E-state index contributed by atoms with van der Waals surface area (Å²) >= 11 is 7.42. The summed E-state index contributed by atoms with van der Waals surface area (Å²) in [6, 6.07) is 14.3. The van der Waals surface area contributed by atoms with E-state index in [4.69, 9.17) is 25.4 Å². The van der Waals surface area contributed by atoms with Gasteiger partial charge in [-0.15, -0.1) is 11.8 Å². The highest BCUT2D eigenvalue weighted by molar-refractivity contribution is 7.98. The number of ether oxygens (including phenoxy) is 1. The van der Waals surface area contributed by atoms with E-state index in [1.54, 1.807) is 36.4 Å². The zero-order chi connectivity index (χ0) is 21.8. The molecule has 0 saturated carbocycles. The SMILES string of the molecule is Cc1noc(C)c1CSc1ccccc1C(=O)OCc1nc(-c2ccc(Cl)cc2)no1. The quantitative estimate of drug-likeness (QED) is 0.261. The zero-order valence-electron chi connectivity index (χ0n) is 16.8. The number of esters is 1. The average Bonchev–Trinajstić information content (AvgIpc) is 3.38. The molecule has 0 aliphatic rings. The van der Waals surface area contributed by atoms with Crippen molar-refractivity contribution in [2.45, 2.75) is 31.1 Å². The van der Waals surface area contributed by atoms with Crippen LogP contribution in [0, 0.1) is 13.8 Å². The van der Waals surface area contributed by atoms with Crippen LogP contribution in [-0.2, 0) is 17.1 Å². The Hall–Kier alpha value is -3.10. The highest BCUT2D eigenvalue weighted by Crippen LogP contribution is 2.29. The lowest BCUT2D eigenvalue weighted by Crippen LogP contribution is -2.07. The molecule has 0 atom stereocenters. The van der Waals surface area contributed by atoms with Crippen molar-refractivity contribution in [1.29, 1.82) is 0 Å². The summed E-state index contributed by atoms with van der Waals surface area (Å²) in [7, 11) is 0. The van der Waals surface area contributed by atoms with E-state index in [1.807, 2.05) is 26.0 Å². The number of thioether (sulfide) groups is 1. The fraction of sp³-hybridized carbons (Fsp3) is 0.182. The first-order chi connectivity index (χ1) is 15.0. The predicted molar refractivity (Wildman–Crippen MR) is 116 cm³/mol. The molecule has 4 aromatic rings. The van der Waals surface area contributed by atoms with Crippen LogP contribution in [0.5, 0.6) is 0 Å². The predicted octanol–water partition coefficient (Wildman–Crippen LogP) is 5.64. The van der Waals surface area contributed by atoms with Crippen LogP contribution in [0.1, 0.15) is 33.3 Å². The number of hydrogen-bond acceptors (Lipinski definition) is 8. The second kappa shape index (κ2) is 9.36. The van der Waals surface area contributed by atoms with Gasteiger partial charge in [0.15, 0.2) is 6.61 Å². The molecule has 2 aromatic heterocycles. The van der Waals surface area contributed by atoms with Crippen LogP contribution < -0.4 is 0 Å². The number of nitrogens with zero attached hydrogens (tertiary/aromatic N) is 3. The lowest BCUT2D eigenvalue weighted by molar-refractivity contribution is 0.0425. The van der Waals surface area contributed by atoms with E-state index in [2.05, 4.69) is 15.3 Å². The Morgan fingerprint density at radius 1 is 1.06 bits per heavy atom. The van der Waals surface area contributed by atoms with Gasteiger partial charge in [-0.3, -0.25) is 0 Å². The zero-order valence-corrected chi connectivity index (χ0v) is 18.4. The minimum absolute atomic E-state index is 0.123. The smallest absolute Gasteiger partial charge is 0.339 e. The first-order valence-corrected chi connectivity index (χ1v) is 10.8. The molecule has 0 aliphatic carbocycles. The maximum atomic E-state index is 12.7. The van der Waals surface area contributed by atoms with E-state index < -0.39 is 5.97 Å². The van der Waals surface area contributed by atoms with E-state index in [9.17, 15) is 4.79 Å². The molecule has 0 spiro atoms. The summed E-state index contributed by atoms with van der Waals surface area (Å²) in [5.74, 6) is 1.56. The first-order valence-electron chi connectivity index (χ1n) is 9.40. The molecule has 0 radical (unpaired) electrons. The third kappa shape index (κ3) is 4.98. The molecule has 0 aliphatic heterocycles. The number of rotatable bonds is 7. The Bertz CT molecular complexity index is 1180. The molecule has 0 saturated heterocycles. The van der Waals surface area contributed by atoms with Gasteiger partial charge in [-0.1, -0.05) is 34.0 Å². The van der Waals surface area contributed by atoms with Gasteiger partial charge in [0.1, 0.15) is 5.76 Å². The molecule has 0 fully saturated rings. The van der Waals surface area contributed by atoms with Crippen LogP contribution in [0.25, 0.3) is 11.4 Å². The monoisotopic (exact) mass is 455 g/mol. The summed E-state index contributed by atoms with van der Waals surface area (Å²) in [6.45, 7) is 3.65. The number of benzene rings is 2. The largest absolute Gasteiger partial charge is 0.452 e. The summed E-state index contributed by atoms with van der Waals surface area (Å²) in [6.07, 6.45) is 0. The number of carbonyl (C=O) groups is 1. The van der Waals surface area contributed by atoms with Gasteiger partial charge in [-0.05, 0) is 50.2 Å². The van der Waals surface area contributed by atoms with Crippen LogP contribution in [0.15, 0.2) is 62.5 Å². The molecule has 9 heteroatoms. The summed E-state index contributed by atoms with van der Waals surface area (Å²) in [5, 5.41) is 8.50. The topological polar surface area (TPSA) is 91.2 Å². The van der Waals surface area contributed by atoms with Crippen molar-refractivity contribution >= 4 is 29.3 Å². The van der Waals surface area contributed by atoms with Crippen LogP contribution in [0.3, 0.4) is 0 Å². The Labute approximate surface area is 187 Å². The van der Waals surface area contributed by atoms with E-state index in [0.29, 0.717) is 22.2 Å². The second-order valence-electron chi connectivity index (χ2n) is 6.68. The highest BCUT2D eigenvalue weighted by atomic mass is 35.5. The summed E-state index contributed by atoms with van der Waals surface area (Å²) in [5.41, 5.74) is 3.09. The minimum Gasteiger partial charge on any atom is -0.452 e. The molecule has 158 valence electrons. The second-order valence-corrected chi connectivity index (χ2v) is 8.14. The van der Waals surface area contributed by atoms with Gasteiger partial charge in [-0.25, -0.2) is 4.79 Å². The van der Waals surface area contributed by atoms with Crippen LogP contribution in [-0.4, -0.2) is 21.3 Å². The fourth-order valence-corrected chi connectivity index (χ4v) is 4.17. The minimum atomic E-state index is -0.465. The van der Waals surface area contributed by atoms with Crippen molar-refractivity contribution < 1.29 is 18.6 Å². The number of aryl methyl sites for hydroxylation is 2. The van der Waals surface area contributed by atoms with Gasteiger partial charge in [0.25, 0.3) is 5.89 Å². The van der Waals surface area contributed by atoms with Crippen molar-refractivity contribution in [2.75, 3.05) is 0 Å². The van der Waals surface area contributed by atoms with E-state index in [-0.39, 0.29) is 12.5 Å². The third-order valence-electron chi connectivity index (χ3n) is 4.56. The Morgan fingerprint density at radius 3 is 2.58 bits per heavy atom. The van der Waals surface area contributed by atoms with E-state index in [1.165, 1.54) is 11.8 Å². The standard InChI is InChI=1S/C22H18ClN3O4S/c1-13-18(14(2)29-25-13)12-31-19-6-4-3-5-17(19)22(27)28-11-20-24-21(26-30-20)15-7-9-16(23)10-8-15/h3-10H,11-12H2,1-2H3. The van der Waals surface area contributed by atoms with Crippen molar-refractivity contribution in [1.82, 2.24) is 15.3 Å². The molecule has 7 nitrogen and oxygen atoms in total. The highest BCUT2D eigenvalue weighted by Gasteiger charge is 2.17. The molecule has 0 amide bonds. The van der Waals surface area contributed by atoms with Crippen LogP contribution in [0.4, 0.5) is 0 Å². The van der Waals surface area contributed by atoms with Crippen molar-refractivity contribution in [3.05, 3.63) is 82.0 Å². The molecule has 2 heterocycles. The Balaban J connectivity index is 1.41. The fourth-order valence-electron chi connectivity index (χ4n) is 2.85. The number of carbonyl (C=O) groups excluding carboxylic acids is 1. The molecule has 31 heavy (non-hydrogen) atoms. The van der Waals surface area contributed by atoms with Crippen LogP contribution in [0.2, 0.25) is 5.02 Å². The molecular weight excluding hydrogens is 438 g/mol. The molecule has 4 rings (SSSR count). The number of hydrogen-bond donors (Lipinski definition) is 0. The van der Waals surface area contributed by atoms with Gasteiger partial charge in [0.2, 0.25) is 5.82 Å². The lowest BCUT2D eigenvalue weighted by Gasteiger charge is -2.08. The third-order valence-corrected chi connectivity index (χ3v) is 5.91. The average molecular weight is 456 g/mol. The maximum absolute atomic E-state index is 12.7. The van der Waals surface area contributed by atoms with Crippen molar-refractivity contribution in [3.63, 3.8) is 0 Å². The summed E-state index contributed by atoms with van der Waals surface area (Å²) < 4.78 is 15.8. The molecule has 0 bridgehead atoms. The maximum Gasteiger partial charge on any atom is 0.339 e. The first kappa shape index (κ1) is 21.1. The number of aromatic nitrogens is 3.